The Morgan fingerprint density at radius 2 is 2.30 bits per heavy atom. The zero-order chi connectivity index (χ0) is 14.6. The summed E-state index contributed by atoms with van der Waals surface area (Å²) in [5.74, 6) is 5.32. The first-order valence-corrected chi connectivity index (χ1v) is 7.97. The van der Waals surface area contributed by atoms with Gasteiger partial charge in [-0.15, -0.1) is 11.3 Å². The monoisotopic (exact) mass is 311 g/mol. The van der Waals surface area contributed by atoms with Gasteiger partial charge in [-0.3, -0.25) is 0 Å². The van der Waals surface area contributed by atoms with Crippen LogP contribution in [0.3, 0.4) is 0 Å². The zero-order valence-electron chi connectivity index (χ0n) is 10.7. The first-order valence-electron chi connectivity index (χ1n) is 5.67. The minimum atomic E-state index is -3.60. The summed E-state index contributed by atoms with van der Waals surface area (Å²) in [4.78, 5) is 5.43. The molecule has 0 atom stereocenters. The molecule has 106 valence electrons. The van der Waals surface area contributed by atoms with Crippen molar-refractivity contribution in [3.05, 3.63) is 34.4 Å². The zero-order valence-corrected chi connectivity index (χ0v) is 12.3. The Morgan fingerprint density at radius 3 is 2.95 bits per heavy atom. The molecule has 8 heteroatoms. The Morgan fingerprint density at radius 1 is 1.50 bits per heavy atom. The molecule has 0 aliphatic heterocycles. The van der Waals surface area contributed by atoms with Crippen molar-refractivity contribution in [1.82, 2.24) is 14.3 Å². The number of hydrogen-bond donors (Lipinski definition) is 2. The third-order valence-electron chi connectivity index (χ3n) is 2.35. The predicted molar refractivity (Wildman–Crippen MR) is 75.5 cm³/mol. The van der Waals surface area contributed by atoms with E-state index in [1.165, 1.54) is 23.9 Å². The second kappa shape index (κ2) is 6.19. The van der Waals surface area contributed by atoms with Crippen LogP contribution in [0.5, 0.6) is 0 Å². The Labute approximate surface area is 121 Å². The summed E-state index contributed by atoms with van der Waals surface area (Å²) >= 11 is 1.38. The Hall–Kier alpha value is -1.66. The van der Waals surface area contributed by atoms with Crippen molar-refractivity contribution in [1.29, 1.82) is 0 Å². The second-order valence-corrected chi connectivity index (χ2v) is 6.81. The van der Waals surface area contributed by atoms with Gasteiger partial charge in [-0.1, -0.05) is 11.8 Å². The van der Waals surface area contributed by atoms with E-state index in [1.807, 2.05) is 0 Å². The summed E-state index contributed by atoms with van der Waals surface area (Å²) in [6.07, 6.45) is 2.87. The van der Waals surface area contributed by atoms with Crippen LogP contribution in [0, 0.1) is 11.8 Å². The molecule has 2 aromatic rings. The van der Waals surface area contributed by atoms with Gasteiger partial charge in [0.1, 0.15) is 6.61 Å². The van der Waals surface area contributed by atoms with Crippen molar-refractivity contribution >= 4 is 21.4 Å². The molecule has 0 bridgehead atoms. The molecule has 2 aromatic heterocycles. The number of nitrogens with one attached hydrogen (secondary N) is 1. The summed E-state index contributed by atoms with van der Waals surface area (Å²) in [6.45, 7) is -0.0100. The lowest BCUT2D eigenvalue weighted by atomic mass is 10.4. The highest BCUT2D eigenvalue weighted by Gasteiger charge is 2.16. The number of thiophene rings is 1. The van der Waals surface area contributed by atoms with Gasteiger partial charge in [0.15, 0.2) is 5.03 Å². The van der Waals surface area contributed by atoms with Crippen LogP contribution in [-0.4, -0.2) is 29.7 Å². The molecule has 0 aromatic carbocycles. The number of aryl methyl sites for hydroxylation is 1. The first-order chi connectivity index (χ1) is 9.51. The number of aliphatic hydroxyl groups excluding tert-OH is 1. The Kier molecular flexibility index (Phi) is 4.57. The van der Waals surface area contributed by atoms with Gasteiger partial charge in [-0.25, -0.2) is 18.1 Å². The number of imidazole rings is 1. The van der Waals surface area contributed by atoms with Crippen molar-refractivity contribution in [2.75, 3.05) is 6.61 Å². The standard InChI is InChI=1S/C12H13N3O3S2/c1-15-8-12(13-9-15)20(17,18)14-7-11-5-4-10(19-11)3-2-6-16/h4-5,8-9,14,16H,6-7H2,1H3. The fourth-order valence-corrected chi connectivity index (χ4v) is 3.33. The van der Waals surface area contributed by atoms with Gasteiger partial charge in [0.05, 0.1) is 11.2 Å². The third-order valence-corrected chi connectivity index (χ3v) is 4.63. The molecule has 0 amide bonds. The summed E-state index contributed by atoms with van der Waals surface area (Å²) in [7, 11) is -1.89. The Balaban J connectivity index is 2.03. The minimum Gasteiger partial charge on any atom is -0.384 e. The predicted octanol–water partition coefficient (Wildman–Crippen LogP) is 0.304. The number of rotatable bonds is 4. The molecule has 0 aliphatic rings. The molecule has 0 radical (unpaired) electrons. The van der Waals surface area contributed by atoms with Gasteiger partial charge in [-0.05, 0) is 12.1 Å². The van der Waals surface area contributed by atoms with Crippen LogP contribution in [-0.2, 0) is 23.6 Å². The smallest absolute Gasteiger partial charge is 0.259 e. The minimum absolute atomic E-state index is 0.00292. The van der Waals surface area contributed by atoms with Gasteiger partial charge in [0.2, 0.25) is 0 Å². The van der Waals surface area contributed by atoms with E-state index in [0.29, 0.717) is 0 Å². The number of aromatic nitrogens is 2. The van der Waals surface area contributed by atoms with Crippen LogP contribution in [0.2, 0.25) is 0 Å². The maximum Gasteiger partial charge on any atom is 0.259 e. The molecular formula is C12H13N3O3S2. The van der Waals surface area contributed by atoms with Crippen LogP contribution >= 0.6 is 11.3 Å². The number of aliphatic hydroxyl groups is 1. The molecule has 0 spiro atoms. The highest BCUT2D eigenvalue weighted by Crippen LogP contribution is 2.16. The van der Waals surface area contributed by atoms with E-state index in [0.717, 1.165) is 9.75 Å². The lowest BCUT2D eigenvalue weighted by Crippen LogP contribution is -2.23. The molecule has 0 aliphatic carbocycles. The highest BCUT2D eigenvalue weighted by atomic mass is 32.2. The van der Waals surface area contributed by atoms with Crippen molar-refractivity contribution < 1.29 is 13.5 Å². The molecule has 6 nitrogen and oxygen atoms in total. The summed E-state index contributed by atoms with van der Waals surface area (Å²) in [6, 6.07) is 3.59. The lowest BCUT2D eigenvalue weighted by Gasteiger charge is -2.01. The van der Waals surface area contributed by atoms with Gasteiger partial charge in [0.25, 0.3) is 10.0 Å². The quantitative estimate of drug-likeness (QED) is 0.796. The number of nitrogens with zero attached hydrogens (tertiary/aromatic N) is 2. The molecule has 0 fully saturated rings. The van der Waals surface area contributed by atoms with Crippen LogP contribution < -0.4 is 4.72 Å². The average molecular weight is 311 g/mol. The maximum atomic E-state index is 12.0. The highest BCUT2D eigenvalue weighted by molar-refractivity contribution is 7.89. The Bertz CT molecular complexity index is 750. The van der Waals surface area contributed by atoms with Crippen LogP contribution in [0.4, 0.5) is 0 Å². The topological polar surface area (TPSA) is 84.2 Å². The molecule has 0 unspecified atom stereocenters. The van der Waals surface area contributed by atoms with Gasteiger partial charge < -0.3 is 9.67 Å². The molecule has 2 rings (SSSR count). The van der Waals surface area contributed by atoms with Crippen molar-refractivity contribution in [2.24, 2.45) is 7.05 Å². The first kappa shape index (κ1) is 14.7. The van der Waals surface area contributed by atoms with E-state index < -0.39 is 10.0 Å². The fourth-order valence-electron chi connectivity index (χ4n) is 1.43. The van der Waals surface area contributed by atoms with E-state index in [1.54, 1.807) is 23.7 Å². The second-order valence-electron chi connectivity index (χ2n) is 3.93. The fraction of sp³-hybridized carbons (Fsp3) is 0.250. The third kappa shape index (κ3) is 3.68. The normalized spacial score (nSPS) is 11.1. The van der Waals surface area contributed by atoms with E-state index in [4.69, 9.17) is 5.11 Å². The van der Waals surface area contributed by atoms with E-state index >= 15 is 0 Å². The summed E-state index contributed by atoms with van der Waals surface area (Å²) in [5, 5.41) is 8.60. The number of hydrogen-bond acceptors (Lipinski definition) is 5. The average Bonchev–Trinajstić information content (AvgIpc) is 3.03. The van der Waals surface area contributed by atoms with E-state index in [-0.39, 0.29) is 18.2 Å². The maximum absolute atomic E-state index is 12.0. The molecule has 2 N–H and O–H groups in total. The van der Waals surface area contributed by atoms with Gasteiger partial charge >= 0.3 is 0 Å². The van der Waals surface area contributed by atoms with Gasteiger partial charge in [0, 0.05) is 24.7 Å². The lowest BCUT2D eigenvalue weighted by molar-refractivity contribution is 0.350. The molecule has 2 heterocycles. The molecule has 0 saturated heterocycles. The van der Waals surface area contributed by atoms with E-state index in [2.05, 4.69) is 21.5 Å². The SMILES string of the molecule is Cn1cnc(S(=O)(=O)NCc2ccc(C#CCO)s2)c1. The largest absolute Gasteiger partial charge is 0.384 e. The molecular weight excluding hydrogens is 298 g/mol. The van der Waals surface area contributed by atoms with Crippen molar-refractivity contribution in [3.63, 3.8) is 0 Å². The van der Waals surface area contributed by atoms with Crippen LogP contribution in [0.25, 0.3) is 0 Å². The summed E-state index contributed by atoms with van der Waals surface area (Å²) < 4.78 is 28.0. The number of sulfonamides is 1. The van der Waals surface area contributed by atoms with Crippen molar-refractivity contribution in [3.8, 4) is 11.8 Å². The summed E-state index contributed by atoms with van der Waals surface area (Å²) in [5.41, 5.74) is 0. The van der Waals surface area contributed by atoms with Crippen LogP contribution in [0.1, 0.15) is 9.75 Å². The molecule has 20 heavy (non-hydrogen) atoms. The van der Waals surface area contributed by atoms with Gasteiger partial charge in [-0.2, -0.15) is 0 Å². The van der Waals surface area contributed by atoms with Crippen molar-refractivity contribution in [2.45, 2.75) is 11.6 Å². The van der Waals surface area contributed by atoms with Crippen LogP contribution in [0.15, 0.2) is 29.7 Å². The van der Waals surface area contributed by atoms with E-state index in [9.17, 15) is 8.42 Å². The molecule has 0 saturated carbocycles.